The third-order valence-electron chi connectivity index (χ3n) is 3.00. The average Bonchev–Trinajstić information content (AvgIpc) is 2.73. The Morgan fingerprint density at radius 3 is 3.17 bits per heavy atom. The van der Waals surface area contributed by atoms with Crippen molar-refractivity contribution in [2.45, 2.75) is 18.9 Å². The second-order valence-corrected chi connectivity index (χ2v) is 4.43. The van der Waals surface area contributed by atoms with E-state index in [2.05, 4.69) is 15.6 Å². The molecule has 1 atom stereocenters. The molecule has 3 rings (SSSR count). The van der Waals surface area contributed by atoms with Crippen LogP contribution in [0.3, 0.4) is 0 Å². The van der Waals surface area contributed by atoms with E-state index < -0.39 is 0 Å². The zero-order valence-corrected chi connectivity index (χ0v) is 9.77. The fourth-order valence-corrected chi connectivity index (χ4v) is 2.04. The fraction of sp³-hybridized carbons (Fsp3) is 0.333. The lowest BCUT2D eigenvalue weighted by Gasteiger charge is -2.22. The first-order valence-corrected chi connectivity index (χ1v) is 5.90. The summed E-state index contributed by atoms with van der Waals surface area (Å²) >= 11 is 0. The Balaban J connectivity index is 1.76. The van der Waals surface area contributed by atoms with Crippen molar-refractivity contribution in [2.24, 2.45) is 0 Å². The van der Waals surface area contributed by atoms with Gasteiger partial charge in [-0.2, -0.15) is 4.98 Å². The molecule has 1 aromatic heterocycles. The standard InChI is InChI=1S/C12H14N4O2/c13-7-1-3-10-9(5-7)16-12(18-10)15-8-2-4-11(17)14-6-8/h1,3,5,8H,2,4,6,13H2,(H,14,17)(H,15,16). The molecule has 2 heterocycles. The van der Waals surface area contributed by atoms with Gasteiger partial charge in [0.05, 0.1) is 0 Å². The number of nitrogens with zero attached hydrogens (tertiary/aromatic N) is 1. The van der Waals surface area contributed by atoms with Crippen LogP contribution in [0, 0.1) is 0 Å². The number of carbonyl (C=O) groups is 1. The van der Waals surface area contributed by atoms with Gasteiger partial charge in [-0.1, -0.05) is 0 Å². The van der Waals surface area contributed by atoms with Gasteiger partial charge in [-0.25, -0.2) is 0 Å². The lowest BCUT2D eigenvalue weighted by Crippen LogP contribution is -2.41. The molecule has 1 saturated heterocycles. The summed E-state index contributed by atoms with van der Waals surface area (Å²) in [6.45, 7) is 0.597. The van der Waals surface area contributed by atoms with Crippen LogP contribution < -0.4 is 16.4 Å². The first-order valence-electron chi connectivity index (χ1n) is 5.90. The third kappa shape index (κ3) is 2.09. The Kier molecular flexibility index (Phi) is 2.55. The Morgan fingerprint density at radius 2 is 2.39 bits per heavy atom. The molecule has 4 N–H and O–H groups in total. The summed E-state index contributed by atoms with van der Waals surface area (Å²) < 4.78 is 5.56. The zero-order chi connectivity index (χ0) is 12.5. The monoisotopic (exact) mass is 246 g/mol. The molecule has 0 saturated carbocycles. The zero-order valence-electron chi connectivity index (χ0n) is 9.77. The molecular weight excluding hydrogens is 232 g/mol. The maximum atomic E-state index is 11.0. The predicted octanol–water partition coefficient (Wildman–Crippen LogP) is 1.10. The molecule has 0 bridgehead atoms. The van der Waals surface area contributed by atoms with Crippen molar-refractivity contribution < 1.29 is 9.21 Å². The third-order valence-corrected chi connectivity index (χ3v) is 3.00. The summed E-state index contributed by atoms with van der Waals surface area (Å²) in [5, 5.41) is 5.98. The normalized spacial score (nSPS) is 19.8. The predicted molar refractivity (Wildman–Crippen MR) is 68.1 cm³/mol. The maximum absolute atomic E-state index is 11.0. The first-order chi connectivity index (χ1) is 8.70. The number of hydrogen-bond acceptors (Lipinski definition) is 5. The van der Waals surface area contributed by atoms with Crippen LogP contribution in [0.4, 0.5) is 11.7 Å². The molecule has 2 aromatic rings. The number of amides is 1. The molecule has 18 heavy (non-hydrogen) atoms. The number of aromatic nitrogens is 1. The highest BCUT2D eigenvalue weighted by molar-refractivity contribution is 5.78. The van der Waals surface area contributed by atoms with Gasteiger partial charge < -0.3 is 20.8 Å². The lowest BCUT2D eigenvalue weighted by atomic mass is 10.1. The van der Waals surface area contributed by atoms with E-state index in [1.54, 1.807) is 18.2 Å². The fourth-order valence-electron chi connectivity index (χ4n) is 2.04. The van der Waals surface area contributed by atoms with E-state index in [4.69, 9.17) is 10.2 Å². The smallest absolute Gasteiger partial charge is 0.295 e. The summed E-state index contributed by atoms with van der Waals surface area (Å²) in [6.07, 6.45) is 1.32. The Hall–Kier alpha value is -2.24. The van der Waals surface area contributed by atoms with Crippen molar-refractivity contribution in [3.63, 3.8) is 0 Å². The SMILES string of the molecule is Nc1ccc2oc(NC3CCC(=O)NC3)nc2c1. The highest BCUT2D eigenvalue weighted by Crippen LogP contribution is 2.22. The van der Waals surface area contributed by atoms with Crippen molar-refractivity contribution in [2.75, 3.05) is 17.6 Å². The number of nitrogens with two attached hydrogens (primary N) is 1. The molecule has 94 valence electrons. The van der Waals surface area contributed by atoms with E-state index in [1.165, 1.54) is 0 Å². The van der Waals surface area contributed by atoms with Gasteiger partial charge in [-0.15, -0.1) is 0 Å². The Bertz CT molecular complexity index is 583. The Labute approximate surface area is 104 Å². The summed E-state index contributed by atoms with van der Waals surface area (Å²) in [7, 11) is 0. The molecule has 1 aliphatic heterocycles. The van der Waals surface area contributed by atoms with Gasteiger partial charge in [0, 0.05) is 24.7 Å². The van der Waals surface area contributed by atoms with Gasteiger partial charge in [-0.05, 0) is 24.6 Å². The highest BCUT2D eigenvalue weighted by Gasteiger charge is 2.19. The van der Waals surface area contributed by atoms with E-state index in [0.29, 0.717) is 30.3 Å². The average molecular weight is 246 g/mol. The van der Waals surface area contributed by atoms with Crippen LogP contribution in [0.2, 0.25) is 0 Å². The second-order valence-electron chi connectivity index (χ2n) is 4.43. The minimum absolute atomic E-state index is 0.0957. The van der Waals surface area contributed by atoms with Crippen LogP contribution in [0.15, 0.2) is 22.6 Å². The van der Waals surface area contributed by atoms with E-state index in [9.17, 15) is 4.79 Å². The van der Waals surface area contributed by atoms with Gasteiger partial charge in [0.2, 0.25) is 5.91 Å². The van der Waals surface area contributed by atoms with E-state index >= 15 is 0 Å². The minimum atomic E-state index is 0.0957. The number of hydrogen-bond donors (Lipinski definition) is 3. The van der Waals surface area contributed by atoms with Crippen molar-refractivity contribution in [3.05, 3.63) is 18.2 Å². The number of nitrogens with one attached hydrogen (secondary N) is 2. The van der Waals surface area contributed by atoms with Crippen LogP contribution in [-0.4, -0.2) is 23.5 Å². The molecule has 1 amide bonds. The molecule has 0 radical (unpaired) electrons. The second kappa shape index (κ2) is 4.21. The van der Waals surface area contributed by atoms with Crippen LogP contribution in [0.5, 0.6) is 0 Å². The summed E-state index contributed by atoms with van der Waals surface area (Å²) in [5.74, 6) is 0.0957. The summed E-state index contributed by atoms with van der Waals surface area (Å²) in [5.41, 5.74) is 7.78. The summed E-state index contributed by atoms with van der Waals surface area (Å²) in [6, 6.07) is 5.97. The molecule has 6 nitrogen and oxygen atoms in total. The van der Waals surface area contributed by atoms with Gasteiger partial charge in [0.15, 0.2) is 5.58 Å². The number of nitrogen functional groups attached to an aromatic ring is 1. The maximum Gasteiger partial charge on any atom is 0.295 e. The number of carbonyl (C=O) groups excluding carboxylic acids is 1. The topological polar surface area (TPSA) is 93.2 Å². The van der Waals surface area contributed by atoms with Crippen molar-refractivity contribution >= 4 is 28.7 Å². The van der Waals surface area contributed by atoms with Gasteiger partial charge in [-0.3, -0.25) is 4.79 Å². The molecule has 1 aliphatic rings. The number of benzene rings is 1. The molecule has 1 aromatic carbocycles. The van der Waals surface area contributed by atoms with E-state index in [1.807, 2.05) is 0 Å². The van der Waals surface area contributed by atoms with Crippen LogP contribution >= 0.6 is 0 Å². The van der Waals surface area contributed by atoms with Gasteiger partial charge >= 0.3 is 0 Å². The lowest BCUT2D eigenvalue weighted by molar-refractivity contribution is -0.122. The quantitative estimate of drug-likeness (QED) is 0.690. The molecule has 6 heteroatoms. The van der Waals surface area contributed by atoms with Crippen LogP contribution in [0.25, 0.3) is 11.1 Å². The molecule has 1 unspecified atom stereocenters. The summed E-state index contributed by atoms with van der Waals surface area (Å²) in [4.78, 5) is 15.4. The van der Waals surface area contributed by atoms with Crippen molar-refractivity contribution in [3.8, 4) is 0 Å². The Morgan fingerprint density at radius 1 is 1.50 bits per heavy atom. The number of piperidine rings is 1. The van der Waals surface area contributed by atoms with Gasteiger partial charge in [0.25, 0.3) is 6.01 Å². The molecule has 0 aliphatic carbocycles. The van der Waals surface area contributed by atoms with Gasteiger partial charge in [0.1, 0.15) is 5.52 Å². The number of fused-ring (bicyclic) bond motifs is 1. The van der Waals surface area contributed by atoms with E-state index in [-0.39, 0.29) is 11.9 Å². The van der Waals surface area contributed by atoms with Crippen LogP contribution in [-0.2, 0) is 4.79 Å². The largest absolute Gasteiger partial charge is 0.424 e. The molecule has 1 fully saturated rings. The number of rotatable bonds is 2. The highest BCUT2D eigenvalue weighted by atomic mass is 16.4. The van der Waals surface area contributed by atoms with Crippen LogP contribution in [0.1, 0.15) is 12.8 Å². The van der Waals surface area contributed by atoms with Crippen molar-refractivity contribution in [1.29, 1.82) is 0 Å². The minimum Gasteiger partial charge on any atom is -0.424 e. The van der Waals surface area contributed by atoms with E-state index in [0.717, 1.165) is 11.9 Å². The molecular formula is C12H14N4O2. The number of oxazole rings is 1. The van der Waals surface area contributed by atoms with Crippen molar-refractivity contribution in [1.82, 2.24) is 10.3 Å². The number of anilines is 2. The first kappa shape index (κ1) is 10.9. The molecule has 0 spiro atoms.